The molecule has 0 aromatic carbocycles. The minimum atomic E-state index is 0.297. The van der Waals surface area contributed by atoms with Crippen LogP contribution in [0.15, 0.2) is 22.9 Å². The third-order valence-electron chi connectivity index (χ3n) is 5.02. The molecule has 0 aliphatic carbocycles. The van der Waals surface area contributed by atoms with Crippen LogP contribution in [0.3, 0.4) is 0 Å². The fourth-order valence-electron chi connectivity index (χ4n) is 3.11. The van der Waals surface area contributed by atoms with Gasteiger partial charge in [-0.15, -0.1) is 0 Å². The third kappa shape index (κ3) is 8.69. The second-order valence-corrected chi connectivity index (χ2v) is 7.57. The maximum Gasteiger partial charge on any atom is 0.139 e. The Kier molecular flexibility index (Phi) is 13.4. The second-order valence-electron chi connectivity index (χ2n) is 6.76. The lowest BCUT2D eigenvalue weighted by atomic mass is 9.74. The molecule has 1 aromatic heterocycles. The lowest BCUT2D eigenvalue weighted by Gasteiger charge is -2.29. The lowest BCUT2D eigenvalue weighted by molar-refractivity contribution is -0.130. The summed E-state index contributed by atoms with van der Waals surface area (Å²) in [7, 11) is 0. The predicted octanol–water partition coefficient (Wildman–Crippen LogP) is 7.23. The summed E-state index contributed by atoms with van der Waals surface area (Å²) in [6, 6.07) is 4.04. The first-order chi connectivity index (χ1) is 11.0. The Morgan fingerprint density at radius 1 is 0.826 bits per heavy atom. The topological polar surface area (TPSA) is 17.1 Å². The van der Waals surface area contributed by atoms with Gasteiger partial charge in [0.1, 0.15) is 5.78 Å². The van der Waals surface area contributed by atoms with Gasteiger partial charge >= 0.3 is 0 Å². The smallest absolute Gasteiger partial charge is 0.139 e. The number of thiophene rings is 1. The Morgan fingerprint density at radius 2 is 1.22 bits per heavy atom. The highest BCUT2D eigenvalue weighted by molar-refractivity contribution is 7.07. The first-order valence-electron chi connectivity index (χ1n) is 9.54. The lowest BCUT2D eigenvalue weighted by Crippen LogP contribution is -2.31. The molecule has 0 spiro atoms. The van der Waals surface area contributed by atoms with E-state index in [1.807, 2.05) is 22.9 Å². The molecule has 2 heteroatoms. The minimum Gasteiger partial charge on any atom is -0.299 e. The molecular formula is C21H38OS. The van der Waals surface area contributed by atoms with Gasteiger partial charge in [0.25, 0.3) is 0 Å². The van der Waals surface area contributed by atoms with Crippen LogP contribution in [-0.4, -0.2) is 5.78 Å². The van der Waals surface area contributed by atoms with Crippen LogP contribution in [0.5, 0.6) is 0 Å². The Labute approximate surface area is 148 Å². The number of hydrogen-bond donors (Lipinski definition) is 0. The van der Waals surface area contributed by atoms with E-state index in [0.29, 0.717) is 29.5 Å². The Bertz CT molecular complexity index is 332. The van der Waals surface area contributed by atoms with Gasteiger partial charge in [0, 0.05) is 11.8 Å². The molecule has 4 atom stereocenters. The van der Waals surface area contributed by atoms with E-state index in [4.69, 9.17) is 0 Å². The molecule has 1 nitrogen and oxygen atoms in total. The van der Waals surface area contributed by atoms with Crippen molar-refractivity contribution in [1.82, 2.24) is 0 Å². The highest BCUT2D eigenvalue weighted by Crippen LogP contribution is 2.31. The molecule has 4 unspecified atom stereocenters. The molecule has 0 saturated carbocycles. The van der Waals surface area contributed by atoms with Gasteiger partial charge in [0.15, 0.2) is 0 Å². The van der Waals surface area contributed by atoms with Gasteiger partial charge in [0.05, 0.1) is 0 Å². The molecule has 0 fully saturated rings. The molecule has 1 rings (SSSR count). The fraction of sp³-hybridized carbons (Fsp3) is 0.762. The highest BCUT2D eigenvalue weighted by atomic mass is 32.1. The third-order valence-corrected chi connectivity index (χ3v) is 5.65. The van der Waals surface area contributed by atoms with Crippen LogP contribution >= 0.6 is 11.3 Å². The number of carbonyl (C=O) groups is 1. The standard InChI is InChI=1S/C17H34O.C4H4S/c1-7-11-15(13(5)9-3)17(18)16(12-8-2)14(6)10-4;1-2-4-5-3-1/h13-16H,7-12H2,1-6H3;1-4H. The van der Waals surface area contributed by atoms with Crippen molar-refractivity contribution in [3.05, 3.63) is 22.9 Å². The molecule has 0 aliphatic heterocycles. The first kappa shape index (κ1) is 22.4. The molecule has 134 valence electrons. The predicted molar refractivity (Wildman–Crippen MR) is 105 cm³/mol. The van der Waals surface area contributed by atoms with E-state index in [9.17, 15) is 4.79 Å². The molecular weight excluding hydrogens is 300 g/mol. The Balaban J connectivity index is 0.000000809. The SMILES string of the molecule is CCCC(C(=O)C(CCC)C(C)CC)C(C)CC.c1ccsc1. The Morgan fingerprint density at radius 3 is 1.43 bits per heavy atom. The summed E-state index contributed by atoms with van der Waals surface area (Å²) < 4.78 is 0. The highest BCUT2D eigenvalue weighted by Gasteiger charge is 2.31. The van der Waals surface area contributed by atoms with Crippen LogP contribution in [0.2, 0.25) is 0 Å². The largest absolute Gasteiger partial charge is 0.299 e. The molecule has 0 N–H and O–H groups in total. The van der Waals surface area contributed by atoms with E-state index in [0.717, 1.165) is 38.5 Å². The summed E-state index contributed by atoms with van der Waals surface area (Å²) in [6.45, 7) is 13.3. The minimum absolute atomic E-state index is 0.297. The first-order valence-corrected chi connectivity index (χ1v) is 10.5. The zero-order valence-corrected chi connectivity index (χ0v) is 17.0. The van der Waals surface area contributed by atoms with Crippen LogP contribution in [-0.2, 0) is 4.79 Å². The molecule has 23 heavy (non-hydrogen) atoms. The van der Waals surface area contributed by atoms with E-state index in [1.54, 1.807) is 11.3 Å². The number of ketones is 1. The summed E-state index contributed by atoms with van der Waals surface area (Å²) in [6.07, 6.45) is 6.64. The van der Waals surface area contributed by atoms with Crippen LogP contribution < -0.4 is 0 Å². The normalized spacial score (nSPS) is 15.9. The van der Waals surface area contributed by atoms with Crippen molar-refractivity contribution in [3.63, 3.8) is 0 Å². The molecule has 0 amide bonds. The van der Waals surface area contributed by atoms with E-state index in [2.05, 4.69) is 41.5 Å². The maximum absolute atomic E-state index is 12.8. The van der Waals surface area contributed by atoms with E-state index >= 15 is 0 Å². The van der Waals surface area contributed by atoms with Crippen LogP contribution in [0.25, 0.3) is 0 Å². The van der Waals surface area contributed by atoms with Gasteiger partial charge in [-0.3, -0.25) is 4.79 Å². The summed E-state index contributed by atoms with van der Waals surface area (Å²) >= 11 is 1.71. The number of rotatable bonds is 10. The van der Waals surface area contributed by atoms with Crippen molar-refractivity contribution in [2.45, 2.75) is 80.1 Å². The quantitative estimate of drug-likeness (QED) is 0.440. The van der Waals surface area contributed by atoms with Gasteiger partial charge in [-0.2, -0.15) is 11.3 Å². The van der Waals surface area contributed by atoms with E-state index in [1.165, 1.54) is 0 Å². The maximum atomic E-state index is 12.8. The fourth-order valence-corrected chi connectivity index (χ4v) is 3.56. The van der Waals surface area contributed by atoms with Gasteiger partial charge in [-0.1, -0.05) is 79.4 Å². The van der Waals surface area contributed by atoms with Crippen molar-refractivity contribution in [1.29, 1.82) is 0 Å². The van der Waals surface area contributed by atoms with Crippen molar-refractivity contribution in [2.24, 2.45) is 23.7 Å². The van der Waals surface area contributed by atoms with Gasteiger partial charge < -0.3 is 0 Å². The van der Waals surface area contributed by atoms with Gasteiger partial charge in [0.2, 0.25) is 0 Å². The van der Waals surface area contributed by atoms with Crippen molar-refractivity contribution < 1.29 is 4.79 Å². The van der Waals surface area contributed by atoms with Gasteiger partial charge in [-0.25, -0.2) is 0 Å². The summed E-state index contributed by atoms with van der Waals surface area (Å²) in [5.74, 6) is 2.24. The molecule has 0 radical (unpaired) electrons. The molecule has 1 heterocycles. The number of carbonyl (C=O) groups excluding carboxylic acids is 1. The van der Waals surface area contributed by atoms with Gasteiger partial charge in [-0.05, 0) is 35.4 Å². The number of Topliss-reactive ketones (excluding diaryl/α,β-unsaturated/α-hetero) is 1. The van der Waals surface area contributed by atoms with Crippen LogP contribution in [0, 0.1) is 23.7 Å². The second kappa shape index (κ2) is 13.8. The average molecular weight is 339 g/mol. The van der Waals surface area contributed by atoms with Crippen molar-refractivity contribution >= 4 is 17.1 Å². The molecule has 0 bridgehead atoms. The zero-order valence-electron chi connectivity index (χ0n) is 16.2. The van der Waals surface area contributed by atoms with Crippen LogP contribution in [0.4, 0.5) is 0 Å². The number of hydrogen-bond acceptors (Lipinski definition) is 2. The summed E-state index contributed by atoms with van der Waals surface area (Å²) in [5, 5.41) is 4.08. The van der Waals surface area contributed by atoms with E-state index < -0.39 is 0 Å². The van der Waals surface area contributed by atoms with Crippen molar-refractivity contribution in [3.8, 4) is 0 Å². The molecule has 0 aliphatic rings. The molecule has 1 aromatic rings. The van der Waals surface area contributed by atoms with Crippen molar-refractivity contribution in [2.75, 3.05) is 0 Å². The average Bonchev–Trinajstić information content (AvgIpc) is 3.15. The molecule has 0 saturated heterocycles. The Hall–Kier alpha value is -0.630. The van der Waals surface area contributed by atoms with E-state index in [-0.39, 0.29) is 0 Å². The van der Waals surface area contributed by atoms with Crippen LogP contribution in [0.1, 0.15) is 80.1 Å². The monoisotopic (exact) mass is 338 g/mol. The zero-order chi connectivity index (χ0) is 17.7. The summed E-state index contributed by atoms with van der Waals surface area (Å²) in [4.78, 5) is 12.8. The summed E-state index contributed by atoms with van der Waals surface area (Å²) in [5.41, 5.74) is 0.